The second-order valence-corrected chi connectivity index (χ2v) is 8.20. The minimum atomic E-state index is -0.159. The summed E-state index contributed by atoms with van der Waals surface area (Å²) in [6.07, 6.45) is 7.80. The molecule has 0 bridgehead atoms. The maximum absolute atomic E-state index is 14.2. The molecule has 130 valence electrons. The molecule has 1 saturated carbocycles. The van der Waals surface area contributed by atoms with Crippen molar-refractivity contribution < 1.29 is 9.18 Å². The molecule has 2 heterocycles. The largest absolute Gasteiger partial charge is 0.337 e. The van der Waals surface area contributed by atoms with Gasteiger partial charge >= 0.3 is 0 Å². The van der Waals surface area contributed by atoms with Gasteiger partial charge in [-0.3, -0.25) is 9.69 Å². The van der Waals surface area contributed by atoms with Crippen molar-refractivity contribution in [1.29, 1.82) is 0 Å². The Balaban J connectivity index is 1.49. The van der Waals surface area contributed by atoms with Gasteiger partial charge in [0.25, 0.3) is 0 Å². The Morgan fingerprint density at radius 2 is 1.92 bits per heavy atom. The monoisotopic (exact) mass is 394 g/mol. The van der Waals surface area contributed by atoms with Gasteiger partial charge in [0.15, 0.2) is 0 Å². The van der Waals surface area contributed by atoms with Crippen LogP contribution < -0.4 is 0 Å². The van der Waals surface area contributed by atoms with E-state index in [-0.39, 0.29) is 17.8 Å². The fourth-order valence-corrected chi connectivity index (χ4v) is 5.08. The lowest BCUT2D eigenvalue weighted by atomic mass is 9.98. The van der Waals surface area contributed by atoms with Gasteiger partial charge in [-0.2, -0.15) is 0 Å². The number of amides is 1. The number of hydrogen-bond donors (Lipinski definition) is 0. The molecule has 1 aromatic carbocycles. The first-order valence-corrected chi connectivity index (χ1v) is 9.94. The van der Waals surface area contributed by atoms with Crippen LogP contribution >= 0.6 is 15.9 Å². The molecule has 3 aliphatic rings. The number of carbonyl (C=O) groups is 1. The summed E-state index contributed by atoms with van der Waals surface area (Å²) in [5.74, 6) is 0.0985. The minimum absolute atomic E-state index is 0.0509. The van der Waals surface area contributed by atoms with Crippen molar-refractivity contribution in [2.75, 3.05) is 13.1 Å². The summed E-state index contributed by atoms with van der Waals surface area (Å²) in [5.41, 5.74) is 1.73. The van der Waals surface area contributed by atoms with Gasteiger partial charge in [-0.05, 0) is 71.8 Å². The molecule has 2 aliphatic heterocycles. The minimum Gasteiger partial charge on any atom is -0.337 e. The third-order valence-corrected chi connectivity index (χ3v) is 6.58. The number of fused-ring (bicyclic) bond motifs is 1. The van der Waals surface area contributed by atoms with Gasteiger partial charge in [0.1, 0.15) is 5.82 Å². The number of nitrogens with zero attached hydrogens (tertiary/aromatic N) is 2. The maximum atomic E-state index is 14.2. The van der Waals surface area contributed by atoms with Crippen LogP contribution in [-0.4, -0.2) is 40.9 Å². The summed E-state index contributed by atoms with van der Waals surface area (Å²) in [4.78, 5) is 17.5. The zero-order valence-corrected chi connectivity index (χ0v) is 15.5. The Labute approximate surface area is 151 Å². The van der Waals surface area contributed by atoms with Crippen LogP contribution in [0.2, 0.25) is 0 Å². The number of carbonyl (C=O) groups excluding carboxylic acids is 1. The lowest BCUT2D eigenvalue weighted by Gasteiger charge is -2.36. The van der Waals surface area contributed by atoms with Crippen LogP contribution in [0.3, 0.4) is 0 Å². The molecule has 0 radical (unpaired) electrons. The molecular weight excluding hydrogens is 371 g/mol. The Bertz CT molecular complexity index is 644. The van der Waals surface area contributed by atoms with E-state index in [4.69, 9.17) is 0 Å². The average Bonchev–Trinajstić information content (AvgIpc) is 3.27. The van der Waals surface area contributed by atoms with E-state index in [9.17, 15) is 9.18 Å². The predicted molar refractivity (Wildman–Crippen MR) is 95.2 cm³/mol. The number of hydrogen-bond acceptors (Lipinski definition) is 2. The molecule has 5 heteroatoms. The van der Waals surface area contributed by atoms with Crippen molar-refractivity contribution in [2.45, 2.75) is 63.6 Å². The molecule has 0 aromatic heterocycles. The fourth-order valence-electron chi connectivity index (χ4n) is 4.71. The van der Waals surface area contributed by atoms with Crippen LogP contribution in [-0.2, 0) is 17.8 Å². The molecular formula is C19H24BrFN2O. The molecule has 1 aliphatic carbocycles. The second kappa shape index (κ2) is 6.75. The van der Waals surface area contributed by atoms with E-state index in [0.717, 1.165) is 30.5 Å². The van der Waals surface area contributed by atoms with Crippen LogP contribution in [0.4, 0.5) is 4.39 Å². The van der Waals surface area contributed by atoms with Crippen molar-refractivity contribution in [2.24, 2.45) is 0 Å². The summed E-state index contributed by atoms with van der Waals surface area (Å²) in [7, 11) is 0. The van der Waals surface area contributed by atoms with Crippen molar-refractivity contribution in [3.8, 4) is 0 Å². The van der Waals surface area contributed by atoms with Gasteiger partial charge in [-0.25, -0.2) is 4.39 Å². The number of rotatable bonds is 2. The summed E-state index contributed by atoms with van der Waals surface area (Å²) < 4.78 is 14.7. The van der Waals surface area contributed by atoms with Crippen LogP contribution in [0, 0.1) is 5.82 Å². The zero-order chi connectivity index (χ0) is 16.7. The van der Waals surface area contributed by atoms with Gasteiger partial charge in [-0.1, -0.05) is 18.9 Å². The van der Waals surface area contributed by atoms with Gasteiger partial charge in [0.05, 0.1) is 10.5 Å². The smallest absolute Gasteiger partial charge is 0.240 e. The Morgan fingerprint density at radius 3 is 2.71 bits per heavy atom. The van der Waals surface area contributed by atoms with Gasteiger partial charge in [0.2, 0.25) is 5.91 Å². The molecule has 2 fully saturated rings. The molecule has 3 nitrogen and oxygen atoms in total. The summed E-state index contributed by atoms with van der Waals surface area (Å²) in [6.45, 7) is 2.24. The second-order valence-electron chi connectivity index (χ2n) is 7.34. The highest BCUT2D eigenvalue weighted by Gasteiger charge is 2.39. The van der Waals surface area contributed by atoms with Crippen LogP contribution in [0.25, 0.3) is 0 Å². The molecule has 1 unspecified atom stereocenters. The van der Waals surface area contributed by atoms with E-state index in [1.807, 2.05) is 11.0 Å². The quantitative estimate of drug-likeness (QED) is 0.759. The highest BCUT2D eigenvalue weighted by molar-refractivity contribution is 9.10. The first-order chi connectivity index (χ1) is 11.6. The zero-order valence-electron chi connectivity index (χ0n) is 13.9. The molecule has 0 spiro atoms. The summed E-state index contributed by atoms with van der Waals surface area (Å²) in [5, 5.41) is 0. The summed E-state index contributed by atoms with van der Waals surface area (Å²) in [6, 6.07) is 4.36. The standard InChI is InChI=1S/C19H24BrFN2O/c20-16-8-7-13-12-22(11-9-15(13)18(16)21)19(24)17-6-3-10-23(17)14-4-1-2-5-14/h7-8,14,17H,1-6,9-12H2. The lowest BCUT2D eigenvalue weighted by Crippen LogP contribution is -2.49. The number of likely N-dealkylation sites (tertiary alicyclic amines) is 1. The SMILES string of the molecule is O=C(C1CCCN1C1CCCC1)N1CCc2c(ccc(Br)c2F)C1. The molecule has 1 atom stereocenters. The molecule has 24 heavy (non-hydrogen) atoms. The van der Waals surface area contributed by atoms with Crippen molar-refractivity contribution in [3.05, 3.63) is 33.5 Å². The van der Waals surface area contributed by atoms with E-state index in [0.29, 0.717) is 30.0 Å². The summed E-state index contributed by atoms with van der Waals surface area (Å²) >= 11 is 3.26. The molecule has 1 aromatic rings. The Kier molecular flexibility index (Phi) is 4.65. The predicted octanol–water partition coefficient (Wildman–Crippen LogP) is 3.88. The number of benzene rings is 1. The van der Waals surface area contributed by atoms with E-state index in [1.54, 1.807) is 6.07 Å². The third kappa shape index (κ3) is 2.90. The molecule has 4 rings (SSSR count). The van der Waals surface area contributed by atoms with Crippen LogP contribution in [0.1, 0.15) is 49.7 Å². The molecule has 1 saturated heterocycles. The topological polar surface area (TPSA) is 23.6 Å². The van der Waals surface area contributed by atoms with Crippen LogP contribution in [0.5, 0.6) is 0 Å². The molecule has 0 N–H and O–H groups in total. The maximum Gasteiger partial charge on any atom is 0.240 e. The average molecular weight is 395 g/mol. The van der Waals surface area contributed by atoms with Crippen LogP contribution in [0.15, 0.2) is 16.6 Å². The molecule has 1 amide bonds. The highest BCUT2D eigenvalue weighted by atomic mass is 79.9. The van der Waals surface area contributed by atoms with Gasteiger partial charge < -0.3 is 4.90 Å². The Morgan fingerprint density at radius 1 is 1.12 bits per heavy atom. The van der Waals surface area contributed by atoms with E-state index in [2.05, 4.69) is 20.8 Å². The fraction of sp³-hybridized carbons (Fsp3) is 0.632. The van der Waals surface area contributed by atoms with E-state index < -0.39 is 0 Å². The third-order valence-electron chi connectivity index (χ3n) is 5.97. The normalized spacial score (nSPS) is 25.2. The highest BCUT2D eigenvalue weighted by Crippen LogP contribution is 2.32. The van der Waals surface area contributed by atoms with Crippen molar-refractivity contribution in [3.63, 3.8) is 0 Å². The van der Waals surface area contributed by atoms with E-state index >= 15 is 0 Å². The lowest BCUT2D eigenvalue weighted by molar-refractivity contribution is -0.137. The number of halogens is 2. The van der Waals surface area contributed by atoms with Crippen molar-refractivity contribution >= 4 is 21.8 Å². The van der Waals surface area contributed by atoms with Crippen molar-refractivity contribution in [1.82, 2.24) is 9.80 Å². The first-order valence-electron chi connectivity index (χ1n) is 9.15. The van der Waals surface area contributed by atoms with E-state index in [1.165, 1.54) is 25.7 Å². The first kappa shape index (κ1) is 16.5. The van der Waals surface area contributed by atoms with Gasteiger partial charge in [-0.15, -0.1) is 0 Å². The van der Waals surface area contributed by atoms with Gasteiger partial charge in [0, 0.05) is 19.1 Å². The Hall–Kier alpha value is -0.940.